The van der Waals surface area contributed by atoms with Crippen LogP contribution in [0.5, 0.6) is 5.75 Å². The minimum Gasteiger partial charge on any atom is -0.497 e. The number of hydrogen-bond acceptors (Lipinski definition) is 4. The Labute approximate surface area is 172 Å². The van der Waals surface area contributed by atoms with Crippen molar-refractivity contribution >= 4 is 8.32 Å². The van der Waals surface area contributed by atoms with Crippen molar-refractivity contribution in [2.45, 2.75) is 95.9 Å². The summed E-state index contributed by atoms with van der Waals surface area (Å²) in [5.74, 6) is 1.09. The number of ether oxygens (including phenoxy) is 3. The first kappa shape index (κ1) is 21.8. The Balaban J connectivity index is 1.67. The normalized spacial score (nSPS) is 24.5. The van der Waals surface area contributed by atoms with E-state index in [9.17, 15) is 0 Å². The zero-order chi connectivity index (χ0) is 20.4. The van der Waals surface area contributed by atoms with Crippen LogP contribution in [-0.4, -0.2) is 40.0 Å². The Morgan fingerprint density at radius 1 is 1.18 bits per heavy atom. The number of hydrogen-bond donors (Lipinski definition) is 0. The summed E-state index contributed by atoms with van der Waals surface area (Å²) in [5.41, 5.74) is 2.91. The molecular weight excluding hydrogens is 368 g/mol. The van der Waals surface area contributed by atoms with Gasteiger partial charge >= 0.3 is 0 Å². The summed E-state index contributed by atoms with van der Waals surface area (Å²) >= 11 is 0. The van der Waals surface area contributed by atoms with Gasteiger partial charge in [0.25, 0.3) is 0 Å². The summed E-state index contributed by atoms with van der Waals surface area (Å²) < 4.78 is 24.4. The molecule has 3 rings (SSSR count). The summed E-state index contributed by atoms with van der Waals surface area (Å²) in [5, 5.41) is 0. The molecule has 1 saturated heterocycles. The lowest BCUT2D eigenvalue weighted by Crippen LogP contribution is -2.45. The minimum absolute atomic E-state index is 0.0435. The van der Waals surface area contributed by atoms with E-state index < -0.39 is 14.1 Å². The Morgan fingerprint density at radius 2 is 1.89 bits per heavy atom. The van der Waals surface area contributed by atoms with E-state index in [2.05, 4.69) is 39.0 Å². The van der Waals surface area contributed by atoms with E-state index in [1.807, 2.05) is 13.8 Å². The van der Waals surface area contributed by atoms with Crippen molar-refractivity contribution in [2.24, 2.45) is 0 Å². The number of fused-ring (bicyclic) bond motifs is 1. The van der Waals surface area contributed by atoms with Crippen LogP contribution in [0.4, 0.5) is 0 Å². The van der Waals surface area contributed by atoms with Crippen molar-refractivity contribution in [1.82, 2.24) is 0 Å². The van der Waals surface area contributed by atoms with Crippen LogP contribution in [0.1, 0.15) is 64.5 Å². The first-order chi connectivity index (χ1) is 13.3. The molecule has 0 bridgehead atoms. The summed E-state index contributed by atoms with van der Waals surface area (Å²) in [6.45, 7) is 11.5. The number of benzene rings is 1. The van der Waals surface area contributed by atoms with Gasteiger partial charge in [-0.05, 0) is 80.4 Å². The van der Waals surface area contributed by atoms with E-state index in [1.165, 1.54) is 29.3 Å². The highest BCUT2D eigenvalue weighted by molar-refractivity contribution is 6.73. The van der Waals surface area contributed by atoms with Gasteiger partial charge in [0.1, 0.15) is 11.9 Å². The maximum Gasteiger partial charge on any atom is 0.192 e. The molecular formula is C23H38O4Si. The van der Waals surface area contributed by atoms with Crippen LogP contribution in [0.2, 0.25) is 18.1 Å². The van der Waals surface area contributed by atoms with Crippen molar-refractivity contribution in [3.8, 4) is 5.75 Å². The lowest BCUT2D eigenvalue weighted by atomic mass is 9.74. The molecule has 0 aromatic heterocycles. The summed E-state index contributed by atoms with van der Waals surface area (Å²) in [4.78, 5) is 0. The maximum atomic E-state index is 6.92. The van der Waals surface area contributed by atoms with Gasteiger partial charge in [0.15, 0.2) is 14.1 Å². The monoisotopic (exact) mass is 406 g/mol. The summed E-state index contributed by atoms with van der Waals surface area (Å²) in [6.07, 6.45) is 3.50. The molecule has 0 N–H and O–H groups in total. The van der Waals surface area contributed by atoms with Crippen LogP contribution in [0.25, 0.3) is 0 Å². The molecule has 3 atom stereocenters. The molecule has 158 valence electrons. The number of methoxy groups -OCH3 is 1. The quantitative estimate of drug-likeness (QED) is 0.470. The van der Waals surface area contributed by atoms with E-state index in [-0.39, 0.29) is 12.2 Å². The molecule has 1 aliphatic heterocycles. The largest absolute Gasteiger partial charge is 0.497 e. The minimum atomic E-state index is -1.69. The van der Waals surface area contributed by atoms with Crippen molar-refractivity contribution in [3.05, 3.63) is 29.3 Å². The molecule has 1 unspecified atom stereocenters. The van der Waals surface area contributed by atoms with Crippen molar-refractivity contribution in [3.63, 3.8) is 0 Å². The predicted octanol–water partition coefficient (Wildman–Crippen LogP) is 5.66. The van der Waals surface area contributed by atoms with Gasteiger partial charge in [-0.2, -0.15) is 0 Å². The van der Waals surface area contributed by atoms with Crippen LogP contribution >= 0.6 is 0 Å². The van der Waals surface area contributed by atoms with E-state index in [0.29, 0.717) is 12.5 Å². The Bertz CT molecular complexity index is 648. The number of rotatable bonds is 10. The first-order valence-corrected chi connectivity index (χ1v) is 13.5. The smallest absolute Gasteiger partial charge is 0.192 e. The van der Waals surface area contributed by atoms with Gasteiger partial charge in [-0.1, -0.05) is 26.8 Å². The third kappa shape index (κ3) is 4.64. The Hall–Kier alpha value is -0.883. The zero-order valence-corrected chi connectivity index (χ0v) is 19.5. The van der Waals surface area contributed by atoms with Crippen molar-refractivity contribution < 1.29 is 18.6 Å². The van der Waals surface area contributed by atoms with Crippen LogP contribution < -0.4 is 4.74 Å². The fraction of sp³-hybridized carbons (Fsp3) is 0.739. The second-order valence-corrected chi connectivity index (χ2v) is 13.5. The lowest BCUT2D eigenvalue weighted by Gasteiger charge is -2.37. The maximum absolute atomic E-state index is 6.92. The SMILES string of the molecule is CC[Si](CC)(CC)O[C@@H](CCC1Cc2cc(OC)ccc21)[C@H]1COC(C)(C)O1. The average Bonchev–Trinajstić information content (AvgIpc) is 3.05. The average molecular weight is 407 g/mol. The van der Waals surface area contributed by atoms with E-state index in [4.69, 9.17) is 18.6 Å². The van der Waals surface area contributed by atoms with Gasteiger partial charge in [0, 0.05) is 0 Å². The molecule has 0 amide bonds. The molecule has 1 aromatic rings. The molecule has 28 heavy (non-hydrogen) atoms. The second kappa shape index (κ2) is 8.86. The molecule has 1 aromatic carbocycles. The van der Waals surface area contributed by atoms with Crippen molar-refractivity contribution in [2.75, 3.05) is 13.7 Å². The second-order valence-electron chi connectivity index (χ2n) is 8.81. The van der Waals surface area contributed by atoms with Crippen LogP contribution in [0.15, 0.2) is 18.2 Å². The molecule has 0 radical (unpaired) electrons. The molecule has 4 nitrogen and oxygen atoms in total. The van der Waals surface area contributed by atoms with Crippen LogP contribution in [-0.2, 0) is 20.3 Å². The van der Waals surface area contributed by atoms with Gasteiger partial charge in [-0.3, -0.25) is 0 Å². The van der Waals surface area contributed by atoms with Crippen LogP contribution in [0, 0.1) is 0 Å². The fourth-order valence-corrected chi connectivity index (χ4v) is 7.60. The third-order valence-electron chi connectivity index (χ3n) is 6.84. The Morgan fingerprint density at radius 3 is 2.43 bits per heavy atom. The van der Waals surface area contributed by atoms with Gasteiger partial charge in [-0.25, -0.2) is 0 Å². The molecule has 1 aliphatic carbocycles. The van der Waals surface area contributed by atoms with Gasteiger partial charge in [0.05, 0.1) is 19.8 Å². The van der Waals surface area contributed by atoms with Crippen molar-refractivity contribution in [1.29, 1.82) is 0 Å². The van der Waals surface area contributed by atoms with E-state index >= 15 is 0 Å². The summed E-state index contributed by atoms with van der Waals surface area (Å²) in [7, 11) is 0.0377. The Kier molecular flexibility index (Phi) is 6.91. The molecule has 2 aliphatic rings. The van der Waals surface area contributed by atoms with Crippen LogP contribution in [0.3, 0.4) is 0 Å². The van der Waals surface area contributed by atoms with Gasteiger partial charge in [0.2, 0.25) is 0 Å². The lowest BCUT2D eigenvalue weighted by molar-refractivity contribution is -0.150. The topological polar surface area (TPSA) is 36.9 Å². The van der Waals surface area contributed by atoms with E-state index in [1.54, 1.807) is 7.11 Å². The molecule has 1 heterocycles. The zero-order valence-electron chi connectivity index (χ0n) is 18.5. The highest BCUT2D eigenvalue weighted by Gasteiger charge is 2.42. The van der Waals surface area contributed by atoms with Gasteiger partial charge in [-0.15, -0.1) is 0 Å². The molecule has 1 fully saturated rings. The van der Waals surface area contributed by atoms with Gasteiger partial charge < -0.3 is 18.6 Å². The highest BCUT2D eigenvalue weighted by Crippen LogP contribution is 2.41. The molecule has 0 saturated carbocycles. The fourth-order valence-electron chi connectivity index (χ4n) is 4.69. The first-order valence-electron chi connectivity index (χ1n) is 11.0. The molecule has 5 heteroatoms. The highest BCUT2D eigenvalue weighted by atomic mass is 28.4. The predicted molar refractivity (Wildman–Crippen MR) is 116 cm³/mol. The third-order valence-corrected chi connectivity index (χ3v) is 11.5. The summed E-state index contributed by atoms with van der Waals surface area (Å²) in [6, 6.07) is 10.00. The van der Waals surface area contributed by atoms with E-state index in [0.717, 1.165) is 25.0 Å². The molecule has 0 spiro atoms. The standard InChI is InChI=1S/C23H38O4Si/c1-7-28(8-2,9-3)27-21(22-16-25-23(4,5)26-22)13-10-17-14-18-15-19(24-6)11-12-20(17)18/h11-12,15,17,21-22H,7-10,13-14,16H2,1-6H3/t17?,21-,22+/m0/s1.